The second-order valence-electron chi connectivity index (χ2n) is 17.4. The second kappa shape index (κ2) is 10.4. The smallest absolute Gasteiger partial charge is 0.168 e. The summed E-state index contributed by atoms with van der Waals surface area (Å²) in [5.74, 6) is 2.98. The standard InChI is InChI=1S/C37H62O3/c1-20(2)27-16-26(15-14-22(4)34(8,9)10)23(5)30-28(27)18-35(11)19-36(12)17-21(3)29(25(7)38)33(40)37(36,13)24(6)31(35)32(30)39/h16,20,22-25,27-28,30-32,38-39H,14-15,17-19H2,1-13H3. The van der Waals surface area contributed by atoms with Gasteiger partial charge in [0.05, 0.1) is 12.2 Å². The van der Waals surface area contributed by atoms with Crippen LogP contribution in [-0.4, -0.2) is 28.2 Å². The lowest BCUT2D eigenvalue weighted by Gasteiger charge is -2.68. The molecule has 4 aliphatic carbocycles. The normalized spacial score (nSPS) is 45.5. The van der Waals surface area contributed by atoms with E-state index in [9.17, 15) is 15.0 Å². The average molecular weight is 555 g/mol. The Morgan fingerprint density at radius 2 is 1.68 bits per heavy atom. The van der Waals surface area contributed by atoms with Crippen molar-refractivity contribution in [3.63, 3.8) is 0 Å². The number of Topliss-reactive ketones (excluding diaryl/α,β-unsaturated/α-hetero) is 1. The summed E-state index contributed by atoms with van der Waals surface area (Å²) in [5, 5.41) is 23.2. The van der Waals surface area contributed by atoms with E-state index in [0.717, 1.165) is 31.3 Å². The molecule has 0 amide bonds. The highest BCUT2D eigenvalue weighted by Crippen LogP contribution is 2.71. The van der Waals surface area contributed by atoms with Gasteiger partial charge in [-0.1, -0.05) is 93.4 Å². The van der Waals surface area contributed by atoms with Crippen LogP contribution in [-0.2, 0) is 4.79 Å². The van der Waals surface area contributed by atoms with Crippen molar-refractivity contribution < 1.29 is 15.0 Å². The van der Waals surface area contributed by atoms with Crippen molar-refractivity contribution in [1.82, 2.24) is 0 Å². The van der Waals surface area contributed by atoms with Gasteiger partial charge in [0.1, 0.15) is 0 Å². The molecule has 2 saturated carbocycles. The molecule has 0 bridgehead atoms. The summed E-state index contributed by atoms with van der Waals surface area (Å²) in [6, 6.07) is 0. The molecule has 0 spiro atoms. The topological polar surface area (TPSA) is 57.5 Å². The van der Waals surface area contributed by atoms with Crippen molar-refractivity contribution in [3.8, 4) is 0 Å². The number of hydrogen-bond donors (Lipinski definition) is 2. The molecule has 3 heteroatoms. The third kappa shape index (κ3) is 4.72. The van der Waals surface area contributed by atoms with Crippen molar-refractivity contribution in [1.29, 1.82) is 0 Å². The summed E-state index contributed by atoms with van der Waals surface area (Å²) in [6.07, 6.45) is 6.73. The molecule has 12 atom stereocenters. The van der Waals surface area contributed by atoms with Gasteiger partial charge in [0.2, 0.25) is 0 Å². The Balaban J connectivity index is 1.75. The molecular formula is C37H62O3. The molecule has 4 aliphatic rings. The van der Waals surface area contributed by atoms with E-state index in [4.69, 9.17) is 0 Å². The number of hydrogen-bond acceptors (Lipinski definition) is 3. The van der Waals surface area contributed by atoms with Crippen molar-refractivity contribution in [2.24, 2.45) is 69.0 Å². The number of ketones is 1. The van der Waals surface area contributed by atoms with E-state index in [1.54, 1.807) is 12.5 Å². The predicted molar refractivity (Wildman–Crippen MR) is 167 cm³/mol. The SMILES string of the molecule is CC1=C(C(C)O)C(=O)C2(C)C(C)C3C(O)C4C(C)C(CCC(C)C(C)(C)C)=CC(C(C)C)C4CC3(C)CC2(C)C1. The predicted octanol–water partition coefficient (Wildman–Crippen LogP) is 8.64. The first-order valence-corrected chi connectivity index (χ1v) is 16.5. The molecule has 40 heavy (non-hydrogen) atoms. The molecule has 2 N–H and O–H groups in total. The van der Waals surface area contributed by atoms with E-state index in [1.807, 2.05) is 0 Å². The molecule has 0 heterocycles. The van der Waals surface area contributed by atoms with Crippen LogP contribution in [0.5, 0.6) is 0 Å². The summed E-state index contributed by atoms with van der Waals surface area (Å²) in [4.78, 5) is 14.3. The third-order valence-corrected chi connectivity index (χ3v) is 13.7. The largest absolute Gasteiger partial charge is 0.392 e. The van der Waals surface area contributed by atoms with Crippen molar-refractivity contribution in [2.75, 3.05) is 0 Å². The van der Waals surface area contributed by atoms with Crippen LogP contribution in [0.15, 0.2) is 22.8 Å². The fourth-order valence-electron chi connectivity index (χ4n) is 10.9. The summed E-state index contributed by atoms with van der Waals surface area (Å²) in [5.41, 5.74) is 2.76. The molecule has 0 aliphatic heterocycles. The maximum Gasteiger partial charge on any atom is 0.168 e. The summed E-state index contributed by atoms with van der Waals surface area (Å²) < 4.78 is 0. The highest BCUT2D eigenvalue weighted by Gasteiger charge is 2.69. The van der Waals surface area contributed by atoms with Gasteiger partial charge in [-0.2, -0.15) is 0 Å². The summed E-state index contributed by atoms with van der Waals surface area (Å²) in [7, 11) is 0. The van der Waals surface area contributed by atoms with Gasteiger partial charge in [0.25, 0.3) is 0 Å². The molecule has 0 aromatic carbocycles. The van der Waals surface area contributed by atoms with Gasteiger partial charge in [0, 0.05) is 11.0 Å². The molecule has 228 valence electrons. The first-order chi connectivity index (χ1) is 18.2. The summed E-state index contributed by atoms with van der Waals surface area (Å²) in [6.45, 7) is 29.6. The summed E-state index contributed by atoms with van der Waals surface area (Å²) >= 11 is 0. The zero-order valence-electron chi connectivity index (χ0n) is 28.2. The van der Waals surface area contributed by atoms with Crippen LogP contribution in [0.25, 0.3) is 0 Å². The first-order valence-electron chi connectivity index (χ1n) is 16.5. The van der Waals surface area contributed by atoms with Gasteiger partial charge < -0.3 is 10.2 Å². The van der Waals surface area contributed by atoms with E-state index in [0.29, 0.717) is 40.6 Å². The van der Waals surface area contributed by atoms with Crippen LogP contribution < -0.4 is 0 Å². The van der Waals surface area contributed by atoms with Crippen LogP contribution in [0.2, 0.25) is 0 Å². The van der Waals surface area contributed by atoms with Crippen LogP contribution in [0, 0.1) is 69.0 Å². The van der Waals surface area contributed by atoms with Crippen molar-refractivity contribution in [2.45, 2.75) is 134 Å². The molecule has 4 rings (SSSR count). The number of fused-ring (bicyclic) bond motifs is 3. The maximum absolute atomic E-state index is 14.3. The van der Waals surface area contributed by atoms with Crippen LogP contribution in [0.1, 0.15) is 122 Å². The van der Waals surface area contributed by atoms with E-state index in [2.05, 4.69) is 89.2 Å². The highest BCUT2D eigenvalue weighted by molar-refractivity contribution is 6.03. The van der Waals surface area contributed by atoms with Crippen LogP contribution in [0.4, 0.5) is 0 Å². The van der Waals surface area contributed by atoms with E-state index in [1.165, 1.54) is 6.42 Å². The third-order valence-electron chi connectivity index (χ3n) is 13.7. The van der Waals surface area contributed by atoms with E-state index >= 15 is 0 Å². The minimum Gasteiger partial charge on any atom is -0.392 e. The van der Waals surface area contributed by atoms with Crippen LogP contribution >= 0.6 is 0 Å². The quantitative estimate of drug-likeness (QED) is 0.334. The maximum atomic E-state index is 14.3. The Morgan fingerprint density at radius 3 is 2.20 bits per heavy atom. The van der Waals surface area contributed by atoms with Gasteiger partial charge in [0.15, 0.2) is 5.78 Å². The van der Waals surface area contributed by atoms with Crippen molar-refractivity contribution >= 4 is 5.78 Å². The molecule has 0 radical (unpaired) electrons. The van der Waals surface area contributed by atoms with Gasteiger partial charge >= 0.3 is 0 Å². The molecular weight excluding hydrogens is 492 g/mol. The van der Waals surface area contributed by atoms with Crippen LogP contribution in [0.3, 0.4) is 0 Å². The molecule has 0 aromatic heterocycles. The van der Waals surface area contributed by atoms with Crippen molar-refractivity contribution in [3.05, 3.63) is 22.8 Å². The second-order valence-corrected chi connectivity index (χ2v) is 17.4. The first kappa shape index (κ1) is 32.0. The fourth-order valence-corrected chi connectivity index (χ4v) is 10.9. The van der Waals surface area contributed by atoms with Gasteiger partial charge in [-0.3, -0.25) is 4.79 Å². The van der Waals surface area contributed by atoms with Gasteiger partial charge in [-0.15, -0.1) is 0 Å². The Morgan fingerprint density at radius 1 is 1.07 bits per heavy atom. The lowest BCUT2D eigenvalue weighted by atomic mass is 9.35. The lowest BCUT2D eigenvalue weighted by Crippen LogP contribution is -2.67. The average Bonchev–Trinajstić information content (AvgIpc) is 2.79. The van der Waals surface area contributed by atoms with Gasteiger partial charge in [-0.05, 0) is 110 Å². The Labute approximate surface area is 246 Å². The zero-order valence-corrected chi connectivity index (χ0v) is 28.2. The monoisotopic (exact) mass is 554 g/mol. The van der Waals surface area contributed by atoms with E-state index < -0.39 is 17.6 Å². The number of aliphatic hydroxyl groups excluding tert-OH is 2. The fraction of sp³-hybridized carbons (Fsp3) is 0.865. The Bertz CT molecular complexity index is 1060. The van der Waals surface area contributed by atoms with E-state index in [-0.39, 0.29) is 34.4 Å². The number of aliphatic hydroxyl groups is 2. The highest BCUT2D eigenvalue weighted by atomic mass is 16.3. The van der Waals surface area contributed by atoms with Gasteiger partial charge in [-0.25, -0.2) is 0 Å². The molecule has 12 unspecified atom stereocenters. The molecule has 0 saturated heterocycles. The molecule has 0 aromatic rings. The number of allylic oxidation sites excluding steroid dienone is 3. The zero-order chi connectivity index (χ0) is 30.3. The minimum atomic E-state index is -0.747. The molecule has 2 fully saturated rings. The lowest BCUT2D eigenvalue weighted by molar-refractivity contribution is -0.217. The Kier molecular flexibility index (Phi) is 8.28. The number of carbonyl (C=O) groups is 1. The Hall–Kier alpha value is -0.930. The number of rotatable bonds is 5. The minimum absolute atomic E-state index is 0.0178. The number of carbonyl (C=O) groups excluding carboxylic acids is 1. The molecule has 3 nitrogen and oxygen atoms in total.